The fourth-order valence-corrected chi connectivity index (χ4v) is 3.37. The molecule has 0 atom stereocenters. The second-order valence-corrected chi connectivity index (χ2v) is 6.58. The van der Waals surface area contributed by atoms with Gasteiger partial charge in [0.1, 0.15) is 5.82 Å². The first-order valence-corrected chi connectivity index (χ1v) is 8.67. The van der Waals surface area contributed by atoms with Gasteiger partial charge in [0.05, 0.1) is 5.56 Å². The fraction of sp³-hybridized carbons (Fsp3) is 0.0500. The molecule has 1 aliphatic heterocycles. The van der Waals surface area contributed by atoms with Crippen LogP contribution in [0.5, 0.6) is 0 Å². The maximum atomic E-state index is 13.3. The largest absolute Gasteiger partial charge is 0.411 e. The van der Waals surface area contributed by atoms with Crippen LogP contribution in [0.25, 0.3) is 0 Å². The number of fused-ring (bicyclic) bond motifs is 1. The molecule has 0 saturated carbocycles. The number of hydrogen-bond acceptors (Lipinski definition) is 2. The molecule has 0 bridgehead atoms. The van der Waals surface area contributed by atoms with Gasteiger partial charge in [0.2, 0.25) is 5.91 Å². The van der Waals surface area contributed by atoms with Crippen LogP contribution in [0.2, 0.25) is 5.02 Å². The first-order valence-electron chi connectivity index (χ1n) is 8.29. The van der Waals surface area contributed by atoms with Crippen LogP contribution in [-0.2, 0) is 6.54 Å². The summed E-state index contributed by atoms with van der Waals surface area (Å²) in [5.41, 5.74) is 3.04. The van der Waals surface area contributed by atoms with E-state index in [-0.39, 0.29) is 11.7 Å². The molecular formula is C20H15BClFN2O. The van der Waals surface area contributed by atoms with Crippen LogP contribution in [0, 0.1) is 5.82 Å². The van der Waals surface area contributed by atoms with E-state index >= 15 is 0 Å². The van der Waals surface area contributed by atoms with Gasteiger partial charge in [0.25, 0.3) is 0 Å². The molecule has 3 aromatic carbocycles. The monoisotopic (exact) mass is 364 g/mol. The molecule has 0 radical (unpaired) electrons. The Hall–Kier alpha value is -2.79. The smallest absolute Gasteiger partial charge is 0.405 e. The average Bonchev–Trinajstić information content (AvgIpc) is 2.66. The summed E-state index contributed by atoms with van der Waals surface area (Å²) in [7, 11) is 0. The quantitative estimate of drug-likeness (QED) is 0.714. The summed E-state index contributed by atoms with van der Waals surface area (Å²) in [5.74, 6) is -0.400. The number of benzene rings is 3. The third kappa shape index (κ3) is 3.06. The van der Waals surface area contributed by atoms with Crippen LogP contribution in [-0.4, -0.2) is 17.7 Å². The lowest BCUT2D eigenvalue weighted by Crippen LogP contribution is -2.58. The molecule has 0 aliphatic carbocycles. The van der Waals surface area contributed by atoms with E-state index in [2.05, 4.69) is 5.23 Å². The number of halogens is 2. The Morgan fingerprint density at radius 2 is 1.65 bits per heavy atom. The molecule has 1 heterocycles. The molecule has 1 amide bonds. The summed E-state index contributed by atoms with van der Waals surface area (Å²) in [6, 6.07) is 21.0. The van der Waals surface area contributed by atoms with Crippen molar-refractivity contribution < 1.29 is 9.18 Å². The molecule has 0 spiro atoms. The van der Waals surface area contributed by atoms with Crippen LogP contribution in [0.3, 0.4) is 0 Å². The minimum absolute atomic E-state index is 0.0893. The topological polar surface area (TPSA) is 32.3 Å². The van der Waals surface area contributed by atoms with Crippen molar-refractivity contribution in [1.82, 2.24) is 4.81 Å². The van der Waals surface area contributed by atoms with E-state index in [1.165, 1.54) is 12.1 Å². The molecule has 3 nitrogen and oxygen atoms in total. The van der Waals surface area contributed by atoms with Crippen molar-refractivity contribution in [2.75, 3.05) is 5.23 Å². The average molecular weight is 365 g/mol. The van der Waals surface area contributed by atoms with Gasteiger partial charge in [0, 0.05) is 17.3 Å². The summed E-state index contributed by atoms with van der Waals surface area (Å²) in [5, 5.41) is 4.00. The van der Waals surface area contributed by atoms with Gasteiger partial charge in [-0.05, 0) is 41.4 Å². The zero-order valence-electron chi connectivity index (χ0n) is 13.8. The molecule has 4 rings (SSSR count). The van der Waals surface area contributed by atoms with Gasteiger partial charge < -0.3 is 10.0 Å². The van der Waals surface area contributed by atoms with Crippen molar-refractivity contribution >= 4 is 35.6 Å². The SMILES string of the molecule is O=C1c2ccccc2NB(c2ccc(F)cc2)N1Cc1ccccc1Cl. The second kappa shape index (κ2) is 6.85. The van der Waals surface area contributed by atoms with Crippen molar-refractivity contribution in [3.8, 4) is 0 Å². The molecule has 1 N–H and O–H groups in total. The normalized spacial score (nSPS) is 13.4. The number of rotatable bonds is 3. The van der Waals surface area contributed by atoms with Crippen LogP contribution >= 0.6 is 11.6 Å². The third-order valence-electron chi connectivity index (χ3n) is 4.51. The Morgan fingerprint density at radius 3 is 2.42 bits per heavy atom. The molecule has 6 heteroatoms. The zero-order chi connectivity index (χ0) is 18.1. The lowest BCUT2D eigenvalue weighted by molar-refractivity contribution is 0.0847. The Bertz CT molecular complexity index is 964. The van der Waals surface area contributed by atoms with E-state index in [0.717, 1.165) is 16.7 Å². The van der Waals surface area contributed by atoms with Gasteiger partial charge in [-0.3, -0.25) is 4.79 Å². The highest BCUT2D eigenvalue weighted by Crippen LogP contribution is 2.26. The highest BCUT2D eigenvalue weighted by Gasteiger charge is 2.37. The number of nitrogens with one attached hydrogen (secondary N) is 1. The van der Waals surface area contributed by atoms with Gasteiger partial charge in [-0.1, -0.05) is 54.1 Å². The molecule has 26 heavy (non-hydrogen) atoms. The first kappa shape index (κ1) is 16.7. The standard InChI is InChI=1S/C20H15BClFN2O/c22-18-7-3-1-5-14(18)13-25-20(26)17-6-2-4-8-19(17)24-21(25)15-9-11-16(23)12-10-15/h1-12,24H,13H2. The predicted octanol–water partition coefficient (Wildman–Crippen LogP) is 3.94. The van der Waals surface area contributed by atoms with Crippen molar-refractivity contribution in [1.29, 1.82) is 0 Å². The Kier molecular flexibility index (Phi) is 4.39. The van der Waals surface area contributed by atoms with Crippen LogP contribution in [0.1, 0.15) is 15.9 Å². The molecule has 128 valence electrons. The zero-order valence-corrected chi connectivity index (χ0v) is 14.6. The van der Waals surface area contributed by atoms with Crippen molar-refractivity contribution in [3.05, 3.63) is 94.8 Å². The van der Waals surface area contributed by atoms with E-state index < -0.39 is 6.98 Å². The van der Waals surface area contributed by atoms with Gasteiger partial charge in [-0.25, -0.2) is 4.39 Å². The van der Waals surface area contributed by atoms with E-state index in [9.17, 15) is 9.18 Å². The molecule has 0 unspecified atom stereocenters. The molecular weight excluding hydrogens is 349 g/mol. The van der Waals surface area contributed by atoms with Crippen LogP contribution in [0.15, 0.2) is 72.8 Å². The number of carbonyl (C=O) groups is 1. The lowest BCUT2D eigenvalue weighted by atomic mass is 9.63. The molecule has 0 saturated heterocycles. The van der Waals surface area contributed by atoms with Gasteiger partial charge in [0.15, 0.2) is 0 Å². The molecule has 3 aromatic rings. The van der Waals surface area contributed by atoms with E-state index in [1.54, 1.807) is 29.1 Å². The van der Waals surface area contributed by atoms with Gasteiger partial charge in [-0.15, -0.1) is 0 Å². The summed E-state index contributed by atoms with van der Waals surface area (Å²) < 4.78 is 13.3. The Labute approximate surface area is 156 Å². The third-order valence-corrected chi connectivity index (χ3v) is 4.88. The second-order valence-electron chi connectivity index (χ2n) is 6.17. The fourth-order valence-electron chi connectivity index (χ4n) is 3.17. The molecule has 0 fully saturated rings. The minimum atomic E-state index is -0.408. The van der Waals surface area contributed by atoms with Crippen LogP contribution < -0.4 is 10.7 Å². The van der Waals surface area contributed by atoms with E-state index in [4.69, 9.17) is 11.6 Å². The van der Waals surface area contributed by atoms with Crippen molar-refractivity contribution in [3.63, 3.8) is 0 Å². The maximum absolute atomic E-state index is 13.3. The summed E-state index contributed by atoms with van der Waals surface area (Å²) in [6.07, 6.45) is 0. The van der Waals surface area contributed by atoms with E-state index in [1.807, 2.05) is 36.4 Å². The van der Waals surface area contributed by atoms with Crippen molar-refractivity contribution in [2.45, 2.75) is 6.54 Å². The molecule has 1 aliphatic rings. The molecule has 0 aromatic heterocycles. The highest BCUT2D eigenvalue weighted by molar-refractivity contribution is 6.76. The number of amides is 1. The summed E-state index contributed by atoms with van der Waals surface area (Å²) >= 11 is 6.30. The van der Waals surface area contributed by atoms with E-state index in [0.29, 0.717) is 17.1 Å². The van der Waals surface area contributed by atoms with Gasteiger partial charge >= 0.3 is 6.98 Å². The minimum Gasteiger partial charge on any atom is -0.405 e. The lowest BCUT2D eigenvalue weighted by Gasteiger charge is -2.35. The Morgan fingerprint density at radius 1 is 0.962 bits per heavy atom. The van der Waals surface area contributed by atoms with Crippen molar-refractivity contribution in [2.24, 2.45) is 0 Å². The number of para-hydroxylation sites is 1. The number of hydrogen-bond donors (Lipinski definition) is 1. The van der Waals surface area contributed by atoms with Crippen LogP contribution in [0.4, 0.5) is 10.1 Å². The number of carbonyl (C=O) groups excluding carboxylic acids is 1. The maximum Gasteiger partial charge on any atom is 0.411 e. The highest BCUT2D eigenvalue weighted by atomic mass is 35.5. The predicted molar refractivity (Wildman–Crippen MR) is 103 cm³/mol. The number of nitrogens with zero attached hydrogens (tertiary/aromatic N) is 1. The Balaban J connectivity index is 1.77. The summed E-state index contributed by atoms with van der Waals surface area (Å²) in [6.45, 7) is -0.0590. The number of anilines is 1. The first-order chi connectivity index (χ1) is 12.6. The summed E-state index contributed by atoms with van der Waals surface area (Å²) in [4.78, 5) is 14.9. The van der Waals surface area contributed by atoms with Gasteiger partial charge in [-0.2, -0.15) is 0 Å².